The van der Waals surface area contributed by atoms with Gasteiger partial charge in [-0.05, 0) is 30.3 Å². The van der Waals surface area contributed by atoms with Crippen LogP contribution in [-0.2, 0) is 16.3 Å². The van der Waals surface area contributed by atoms with Crippen LogP contribution in [0.15, 0.2) is 55.1 Å². The monoisotopic (exact) mass is 514 g/mol. The average Bonchev–Trinajstić information content (AvgIpc) is 3.16. The van der Waals surface area contributed by atoms with E-state index in [9.17, 15) is 18.0 Å². The molecule has 0 fully saturated rings. The minimum atomic E-state index is -5.04. The van der Waals surface area contributed by atoms with Gasteiger partial charge in [0.2, 0.25) is 0 Å². The predicted octanol–water partition coefficient (Wildman–Crippen LogP) is 5.37. The Bertz CT molecular complexity index is 1370. The van der Waals surface area contributed by atoms with Crippen LogP contribution in [0.1, 0.15) is 0 Å². The lowest BCUT2D eigenvalue weighted by Crippen LogP contribution is -2.30. The number of nitrogens with zero attached hydrogens (tertiary/aromatic N) is 5. The second kappa shape index (κ2) is 10.2. The zero-order valence-electron chi connectivity index (χ0n) is 20.0. The summed E-state index contributed by atoms with van der Waals surface area (Å²) >= 11 is 0. The number of carbonyl (C=O) groups is 1. The van der Waals surface area contributed by atoms with Gasteiger partial charge in [0.1, 0.15) is 18.1 Å². The number of rotatable bonds is 8. The number of anilines is 1. The minimum absolute atomic E-state index is 0.147. The van der Waals surface area contributed by atoms with Gasteiger partial charge in [0.05, 0.1) is 17.0 Å². The van der Waals surface area contributed by atoms with Crippen molar-refractivity contribution in [2.75, 3.05) is 11.9 Å². The second-order valence-electron chi connectivity index (χ2n) is 9.32. The first-order valence-electron chi connectivity index (χ1n) is 11.2. The van der Waals surface area contributed by atoms with Gasteiger partial charge in [-0.3, -0.25) is 19.3 Å². The van der Waals surface area contributed by atoms with Crippen LogP contribution in [-0.4, -0.2) is 51.3 Å². The fourth-order valence-corrected chi connectivity index (χ4v) is 4.36. The Morgan fingerprint density at radius 2 is 1.81 bits per heavy atom. The molecule has 0 saturated heterocycles. The fraction of sp³-hybridized carbons (Fsp3) is 0.292. The van der Waals surface area contributed by atoms with Crippen LogP contribution in [0.3, 0.4) is 0 Å². The molecule has 4 aromatic heterocycles. The Balaban J connectivity index is 1.85. The number of alkyl halides is 3. The molecule has 1 N–H and O–H groups in total. The van der Waals surface area contributed by atoms with Gasteiger partial charge in [0, 0.05) is 45.0 Å². The molecule has 0 unspecified atom stereocenters. The number of fused-ring (bicyclic) bond motifs is 1. The van der Waals surface area contributed by atoms with E-state index in [1.54, 1.807) is 30.7 Å². The lowest BCUT2D eigenvalue weighted by molar-refractivity contribution is -0.167. The number of pyridine rings is 2. The highest BCUT2D eigenvalue weighted by Gasteiger charge is 2.39. The summed E-state index contributed by atoms with van der Waals surface area (Å²) in [6, 6.07) is 9.41. The molecule has 4 aromatic rings. The molecule has 0 aliphatic rings. The summed E-state index contributed by atoms with van der Waals surface area (Å²) in [5.41, 5.74) is 3.45. The largest absolute Gasteiger partial charge is 0.471 e. The normalized spacial score (nSPS) is 12.2. The summed E-state index contributed by atoms with van der Waals surface area (Å²) in [6.45, 7) is 7.47. The first-order chi connectivity index (χ1) is 17.0. The third kappa shape index (κ3) is 5.77. The highest BCUT2D eigenvalue weighted by atomic mass is 28.3. The van der Waals surface area contributed by atoms with Crippen LogP contribution in [0.2, 0.25) is 25.7 Å². The minimum Gasteiger partial charge on any atom is -0.361 e. The standard InChI is InChI=1S/C24H25F3N6O2Si/c1-36(2,3)13-12-35-15-33-21(16-7-9-29-18(14-16)32-23(34)24(25,26)27)19(17-6-4-5-8-28-17)20-22(33)31-11-10-30-20/h4-11,14H,12-13,15H2,1-3H3,(H,29,32,34). The first kappa shape index (κ1) is 25.4. The number of hydrogen-bond acceptors (Lipinski definition) is 6. The van der Waals surface area contributed by atoms with E-state index in [2.05, 4.69) is 39.6 Å². The summed E-state index contributed by atoms with van der Waals surface area (Å²) in [5.74, 6) is -2.34. The van der Waals surface area contributed by atoms with E-state index in [0.717, 1.165) is 6.04 Å². The number of aromatic nitrogens is 5. The SMILES string of the molecule is C[Si](C)(C)CCOCn1c(-c2ccnc(NC(=O)C(F)(F)F)c2)c(-c2ccccn2)c2nccnc21. The number of nitrogens with one attached hydrogen (secondary N) is 1. The van der Waals surface area contributed by atoms with Crippen molar-refractivity contribution in [1.82, 2.24) is 24.5 Å². The Labute approximate surface area is 206 Å². The molecule has 0 aliphatic heterocycles. The third-order valence-corrected chi connectivity index (χ3v) is 7.05. The van der Waals surface area contributed by atoms with Crippen LogP contribution in [0.25, 0.3) is 33.7 Å². The van der Waals surface area contributed by atoms with E-state index in [-0.39, 0.29) is 12.5 Å². The molecule has 0 spiro atoms. The smallest absolute Gasteiger partial charge is 0.361 e. The zero-order chi connectivity index (χ0) is 25.9. The number of amides is 1. The highest BCUT2D eigenvalue weighted by molar-refractivity contribution is 6.76. The molecule has 188 valence electrons. The van der Waals surface area contributed by atoms with Gasteiger partial charge < -0.3 is 10.1 Å². The molecule has 1 amide bonds. The van der Waals surface area contributed by atoms with Crippen molar-refractivity contribution in [3.05, 3.63) is 55.1 Å². The van der Waals surface area contributed by atoms with Gasteiger partial charge in [-0.1, -0.05) is 25.7 Å². The zero-order valence-corrected chi connectivity index (χ0v) is 21.0. The maximum absolute atomic E-state index is 12.8. The molecule has 4 heterocycles. The van der Waals surface area contributed by atoms with Crippen LogP contribution in [0.5, 0.6) is 0 Å². The maximum Gasteiger partial charge on any atom is 0.471 e. The lowest BCUT2D eigenvalue weighted by atomic mass is 10.0. The Kier molecular flexibility index (Phi) is 7.18. The molecule has 4 rings (SSSR count). The van der Waals surface area contributed by atoms with Crippen molar-refractivity contribution in [1.29, 1.82) is 0 Å². The van der Waals surface area contributed by atoms with E-state index in [1.807, 2.05) is 22.0 Å². The van der Waals surface area contributed by atoms with E-state index in [1.165, 1.54) is 12.3 Å². The summed E-state index contributed by atoms with van der Waals surface area (Å²) in [7, 11) is -1.33. The third-order valence-electron chi connectivity index (χ3n) is 5.35. The molecular formula is C24H25F3N6O2Si. The number of carbonyl (C=O) groups excluding carboxylic acids is 1. The van der Waals surface area contributed by atoms with Gasteiger partial charge in [-0.25, -0.2) is 9.97 Å². The Morgan fingerprint density at radius 1 is 1.03 bits per heavy atom. The summed E-state index contributed by atoms with van der Waals surface area (Å²) in [4.78, 5) is 28.9. The Morgan fingerprint density at radius 3 is 2.50 bits per heavy atom. The Hall–Kier alpha value is -3.64. The van der Waals surface area contributed by atoms with Crippen LogP contribution < -0.4 is 5.32 Å². The molecular weight excluding hydrogens is 489 g/mol. The predicted molar refractivity (Wildman–Crippen MR) is 133 cm³/mol. The van der Waals surface area contributed by atoms with E-state index in [4.69, 9.17) is 4.74 Å². The number of hydrogen-bond donors (Lipinski definition) is 1. The van der Waals surface area contributed by atoms with Crippen molar-refractivity contribution in [2.45, 2.75) is 38.6 Å². The highest BCUT2D eigenvalue weighted by Crippen LogP contribution is 2.39. The molecule has 8 nitrogen and oxygen atoms in total. The molecule has 0 bridgehead atoms. The summed E-state index contributed by atoms with van der Waals surface area (Å²) < 4.78 is 46.3. The lowest BCUT2D eigenvalue weighted by Gasteiger charge is -2.17. The van der Waals surface area contributed by atoms with E-state index >= 15 is 0 Å². The second-order valence-corrected chi connectivity index (χ2v) is 14.9. The van der Waals surface area contributed by atoms with Gasteiger partial charge in [-0.2, -0.15) is 13.2 Å². The molecule has 12 heteroatoms. The number of ether oxygens (including phenoxy) is 1. The van der Waals surface area contributed by atoms with E-state index in [0.29, 0.717) is 40.3 Å². The average molecular weight is 515 g/mol. The molecule has 0 saturated carbocycles. The fourth-order valence-electron chi connectivity index (χ4n) is 3.60. The van der Waals surface area contributed by atoms with Crippen molar-refractivity contribution in [2.24, 2.45) is 0 Å². The summed E-state index contributed by atoms with van der Waals surface area (Å²) in [6.07, 6.45) is 1.07. The topological polar surface area (TPSA) is 94.8 Å². The van der Waals surface area contributed by atoms with Crippen LogP contribution in [0.4, 0.5) is 19.0 Å². The van der Waals surface area contributed by atoms with Crippen LogP contribution in [0, 0.1) is 0 Å². The van der Waals surface area contributed by atoms with E-state index < -0.39 is 20.2 Å². The van der Waals surface area contributed by atoms with Crippen molar-refractivity contribution >= 4 is 31.0 Å². The van der Waals surface area contributed by atoms with Crippen molar-refractivity contribution in [3.8, 4) is 22.5 Å². The first-order valence-corrected chi connectivity index (χ1v) is 14.9. The van der Waals surface area contributed by atoms with Gasteiger partial charge in [0.15, 0.2) is 5.65 Å². The summed E-state index contributed by atoms with van der Waals surface area (Å²) in [5, 5.41) is 1.82. The van der Waals surface area contributed by atoms with Crippen molar-refractivity contribution in [3.63, 3.8) is 0 Å². The van der Waals surface area contributed by atoms with Gasteiger partial charge in [0.25, 0.3) is 0 Å². The van der Waals surface area contributed by atoms with Crippen LogP contribution >= 0.6 is 0 Å². The van der Waals surface area contributed by atoms with Gasteiger partial charge in [-0.15, -0.1) is 0 Å². The molecule has 0 aliphatic carbocycles. The molecule has 36 heavy (non-hydrogen) atoms. The maximum atomic E-state index is 12.8. The van der Waals surface area contributed by atoms with Gasteiger partial charge >= 0.3 is 12.1 Å². The van der Waals surface area contributed by atoms with Crippen molar-refractivity contribution < 1.29 is 22.7 Å². The molecule has 0 aromatic carbocycles. The number of halogens is 3. The molecule has 0 radical (unpaired) electrons. The molecule has 0 atom stereocenters. The quantitative estimate of drug-likeness (QED) is 0.251.